The highest BCUT2D eigenvalue weighted by atomic mass is 32.1. The molecule has 2 bridgehead atoms. The molecule has 1 saturated carbocycles. The zero-order chi connectivity index (χ0) is 24.9. The normalized spacial score (nSPS) is 37.5. The fourth-order valence-electron chi connectivity index (χ4n) is 7.06. The monoisotopic (exact) mass is 513 g/mol. The highest BCUT2D eigenvalue weighted by Gasteiger charge is 2.76. The van der Waals surface area contributed by atoms with Crippen LogP contribution < -0.4 is 10.6 Å². The Morgan fingerprint density at radius 1 is 1.14 bits per heavy atom. The van der Waals surface area contributed by atoms with Gasteiger partial charge in [-0.2, -0.15) is 0 Å². The fourth-order valence-corrected chi connectivity index (χ4v) is 7.70. The minimum absolute atomic E-state index is 0.1000. The summed E-state index contributed by atoms with van der Waals surface area (Å²) in [6.07, 6.45) is 10.8. The number of nitrogens with zero attached hydrogens (tertiary/aromatic N) is 1. The molecule has 1 aromatic heterocycles. The predicted molar refractivity (Wildman–Crippen MR) is 134 cm³/mol. The van der Waals surface area contributed by atoms with Crippen LogP contribution in [0.2, 0.25) is 0 Å². The van der Waals surface area contributed by atoms with Crippen LogP contribution in [0, 0.1) is 11.8 Å². The first-order valence-electron chi connectivity index (χ1n) is 13.3. The van der Waals surface area contributed by atoms with Gasteiger partial charge in [0.2, 0.25) is 17.7 Å². The number of fused-ring (bicyclic) bond motifs is 1. The summed E-state index contributed by atoms with van der Waals surface area (Å²) < 4.78 is 12.4. The standard InChI is InChI=1S/C27H35N3O5S/c1-26-11-12-27(35-26)21(20(26)23(31)28-15-19-10-6-14-36-19)25(33)30(16-18-9-5-13-34-18)22(27)24(32)29-17-7-3-2-4-8-17/h6,10-12,14,17-18,20-22H,2-5,7-9,13,15-16H2,1H3,(H,28,31)(H,29,32)/t18-,20+,21-,22+,26-,27-/m0/s1. The third-order valence-corrected chi connectivity index (χ3v) is 9.60. The highest BCUT2D eigenvalue weighted by Crippen LogP contribution is 2.59. The van der Waals surface area contributed by atoms with Gasteiger partial charge in [0, 0.05) is 24.1 Å². The third-order valence-electron chi connectivity index (χ3n) is 8.72. The summed E-state index contributed by atoms with van der Waals surface area (Å²) in [5, 5.41) is 8.24. The van der Waals surface area contributed by atoms with Crippen LogP contribution in [0.15, 0.2) is 29.7 Å². The topological polar surface area (TPSA) is 97.0 Å². The lowest BCUT2D eigenvalue weighted by Crippen LogP contribution is -2.57. The molecule has 3 saturated heterocycles. The van der Waals surface area contributed by atoms with Crippen molar-refractivity contribution in [3.63, 3.8) is 0 Å². The van der Waals surface area contributed by atoms with Gasteiger partial charge in [0.05, 0.1) is 30.1 Å². The molecule has 5 aliphatic rings. The number of hydrogen-bond acceptors (Lipinski definition) is 6. The van der Waals surface area contributed by atoms with Gasteiger partial charge in [0.1, 0.15) is 11.6 Å². The third kappa shape index (κ3) is 3.90. The van der Waals surface area contributed by atoms with E-state index in [2.05, 4.69) is 10.6 Å². The van der Waals surface area contributed by atoms with Crippen molar-refractivity contribution in [3.8, 4) is 0 Å². The molecule has 4 aliphatic heterocycles. The minimum atomic E-state index is -1.14. The number of carbonyl (C=O) groups excluding carboxylic acids is 3. The van der Waals surface area contributed by atoms with Gasteiger partial charge in [-0.05, 0) is 44.1 Å². The van der Waals surface area contributed by atoms with Crippen LogP contribution in [0.4, 0.5) is 0 Å². The zero-order valence-electron chi connectivity index (χ0n) is 20.7. The Morgan fingerprint density at radius 3 is 2.69 bits per heavy atom. The Bertz CT molecular complexity index is 1050. The number of ether oxygens (including phenoxy) is 2. The van der Waals surface area contributed by atoms with Crippen LogP contribution in [0.25, 0.3) is 0 Å². The van der Waals surface area contributed by atoms with E-state index in [1.807, 2.05) is 36.6 Å². The van der Waals surface area contributed by atoms with E-state index in [1.165, 1.54) is 6.42 Å². The molecular weight excluding hydrogens is 478 g/mol. The Kier molecular flexibility index (Phi) is 6.20. The Morgan fingerprint density at radius 2 is 1.97 bits per heavy atom. The van der Waals surface area contributed by atoms with Gasteiger partial charge < -0.3 is 25.0 Å². The SMILES string of the molecule is C[C@@]12C=C[C@]3(O1)[C@H](C(=O)N(C[C@@H]1CCCO1)[C@@H]3C(=O)NC1CCCCC1)[C@@H]2C(=O)NCc1cccs1. The maximum absolute atomic E-state index is 14.1. The molecule has 1 aromatic rings. The molecule has 194 valence electrons. The zero-order valence-corrected chi connectivity index (χ0v) is 21.6. The molecule has 0 aromatic carbocycles. The number of rotatable bonds is 7. The molecule has 36 heavy (non-hydrogen) atoms. The number of nitrogens with one attached hydrogen (secondary N) is 2. The summed E-state index contributed by atoms with van der Waals surface area (Å²) in [5.74, 6) is -2.00. The average Bonchev–Trinajstić information content (AvgIpc) is 3.67. The van der Waals surface area contributed by atoms with Crippen LogP contribution in [0.1, 0.15) is 56.7 Å². The van der Waals surface area contributed by atoms with E-state index in [1.54, 1.807) is 16.2 Å². The van der Waals surface area contributed by atoms with Crippen molar-refractivity contribution in [2.45, 2.75) is 87.8 Å². The Balaban J connectivity index is 1.30. The molecule has 0 radical (unpaired) electrons. The predicted octanol–water partition coefficient (Wildman–Crippen LogP) is 2.53. The van der Waals surface area contributed by atoms with E-state index in [9.17, 15) is 14.4 Å². The lowest BCUT2D eigenvalue weighted by Gasteiger charge is -2.35. The molecular formula is C27H35N3O5S. The van der Waals surface area contributed by atoms with Gasteiger partial charge >= 0.3 is 0 Å². The van der Waals surface area contributed by atoms with Crippen LogP contribution in [-0.2, 0) is 30.4 Å². The first kappa shape index (κ1) is 24.1. The second-order valence-corrected chi connectivity index (χ2v) is 12.1. The molecule has 5 heterocycles. The Hall–Kier alpha value is -2.23. The summed E-state index contributed by atoms with van der Waals surface area (Å²) in [6.45, 7) is 3.28. The van der Waals surface area contributed by atoms with Crippen molar-refractivity contribution in [2.24, 2.45) is 11.8 Å². The molecule has 6 rings (SSSR count). The molecule has 3 amide bonds. The lowest BCUT2D eigenvalue weighted by atomic mass is 9.70. The van der Waals surface area contributed by atoms with Crippen molar-refractivity contribution in [3.05, 3.63) is 34.5 Å². The fraction of sp³-hybridized carbons (Fsp3) is 0.667. The molecule has 2 N–H and O–H groups in total. The van der Waals surface area contributed by atoms with Gasteiger partial charge in [0.15, 0.2) is 0 Å². The van der Waals surface area contributed by atoms with Crippen LogP contribution in [-0.4, -0.2) is 65.2 Å². The summed E-state index contributed by atoms with van der Waals surface area (Å²) in [6, 6.07) is 3.23. The quantitative estimate of drug-likeness (QED) is 0.547. The first-order chi connectivity index (χ1) is 17.4. The van der Waals surface area contributed by atoms with Gasteiger partial charge in [0.25, 0.3) is 0 Å². The summed E-state index contributed by atoms with van der Waals surface area (Å²) >= 11 is 1.58. The Labute approximate surface area is 215 Å². The molecule has 6 atom stereocenters. The second-order valence-electron chi connectivity index (χ2n) is 11.1. The molecule has 8 nitrogen and oxygen atoms in total. The van der Waals surface area contributed by atoms with Crippen LogP contribution in [0.3, 0.4) is 0 Å². The minimum Gasteiger partial charge on any atom is -0.376 e. The van der Waals surface area contributed by atoms with E-state index >= 15 is 0 Å². The maximum atomic E-state index is 14.1. The molecule has 0 unspecified atom stereocenters. The summed E-state index contributed by atoms with van der Waals surface area (Å²) in [7, 11) is 0. The molecule has 4 fully saturated rings. The van der Waals surface area contributed by atoms with Gasteiger partial charge in [-0.3, -0.25) is 14.4 Å². The number of hydrogen-bond donors (Lipinski definition) is 2. The first-order valence-corrected chi connectivity index (χ1v) is 14.2. The maximum Gasteiger partial charge on any atom is 0.246 e. The number of thiophene rings is 1. The summed E-state index contributed by atoms with van der Waals surface area (Å²) in [5.41, 5.74) is -2.08. The molecule has 1 aliphatic carbocycles. The molecule has 9 heteroatoms. The van der Waals surface area contributed by atoms with E-state index in [-0.39, 0.29) is 29.9 Å². The number of carbonyl (C=O) groups is 3. The van der Waals surface area contributed by atoms with E-state index in [0.29, 0.717) is 19.7 Å². The van der Waals surface area contributed by atoms with Gasteiger partial charge in [-0.15, -0.1) is 11.3 Å². The average molecular weight is 514 g/mol. The van der Waals surface area contributed by atoms with Crippen LogP contribution >= 0.6 is 11.3 Å². The van der Waals surface area contributed by atoms with Crippen molar-refractivity contribution < 1.29 is 23.9 Å². The van der Waals surface area contributed by atoms with E-state index in [0.717, 1.165) is 43.4 Å². The van der Waals surface area contributed by atoms with Crippen molar-refractivity contribution in [2.75, 3.05) is 13.2 Å². The smallest absolute Gasteiger partial charge is 0.246 e. The highest BCUT2D eigenvalue weighted by molar-refractivity contribution is 7.09. The molecule has 1 spiro atoms. The van der Waals surface area contributed by atoms with Crippen molar-refractivity contribution >= 4 is 29.1 Å². The van der Waals surface area contributed by atoms with Crippen LogP contribution in [0.5, 0.6) is 0 Å². The largest absolute Gasteiger partial charge is 0.376 e. The van der Waals surface area contributed by atoms with Gasteiger partial charge in [-0.1, -0.05) is 37.5 Å². The summed E-state index contributed by atoms with van der Waals surface area (Å²) in [4.78, 5) is 44.2. The number of amides is 3. The van der Waals surface area contributed by atoms with Crippen molar-refractivity contribution in [1.82, 2.24) is 15.5 Å². The van der Waals surface area contributed by atoms with Gasteiger partial charge in [-0.25, -0.2) is 0 Å². The second kappa shape index (κ2) is 9.26. The van der Waals surface area contributed by atoms with Crippen molar-refractivity contribution in [1.29, 1.82) is 0 Å². The number of likely N-dealkylation sites (tertiary alicyclic amines) is 1. The van der Waals surface area contributed by atoms with E-state index in [4.69, 9.17) is 9.47 Å². The van der Waals surface area contributed by atoms with E-state index < -0.39 is 29.1 Å². The lowest BCUT2D eigenvalue weighted by molar-refractivity contribution is -0.146.